The van der Waals surface area contributed by atoms with Gasteiger partial charge in [-0.2, -0.15) is 4.98 Å². The van der Waals surface area contributed by atoms with E-state index in [0.29, 0.717) is 11.4 Å². The molecule has 0 saturated heterocycles. The molecule has 0 aliphatic rings. The monoisotopic (exact) mass is 264 g/mol. The van der Waals surface area contributed by atoms with Crippen LogP contribution in [0.1, 0.15) is 10.4 Å². The average Bonchev–Trinajstić information content (AvgIpc) is 2.38. The minimum absolute atomic E-state index is 0.0951. The quantitative estimate of drug-likeness (QED) is 0.863. The van der Waals surface area contributed by atoms with E-state index in [0.717, 1.165) is 5.56 Å². The van der Waals surface area contributed by atoms with Gasteiger partial charge in [0.25, 0.3) is 0 Å². The van der Waals surface area contributed by atoms with Crippen molar-refractivity contribution >= 4 is 17.6 Å². The van der Waals surface area contributed by atoms with Gasteiger partial charge in [0, 0.05) is 6.20 Å². The Morgan fingerprint density at radius 1 is 1.33 bits per heavy atom. The lowest BCUT2D eigenvalue weighted by Crippen LogP contribution is -1.97. The topological polar surface area (TPSA) is 72.3 Å². The highest BCUT2D eigenvalue weighted by molar-refractivity contribution is 6.28. The fourth-order valence-electron chi connectivity index (χ4n) is 1.49. The highest BCUT2D eigenvalue weighted by atomic mass is 35.5. The van der Waals surface area contributed by atoms with E-state index < -0.39 is 5.97 Å². The van der Waals surface area contributed by atoms with Gasteiger partial charge in [0.2, 0.25) is 11.2 Å². The van der Waals surface area contributed by atoms with Crippen LogP contribution in [0.5, 0.6) is 5.88 Å². The van der Waals surface area contributed by atoms with Crippen LogP contribution in [0.25, 0.3) is 11.1 Å². The van der Waals surface area contributed by atoms with E-state index in [-0.39, 0.29) is 10.8 Å². The molecule has 1 aromatic heterocycles. The molecule has 0 unspecified atom stereocenters. The Morgan fingerprint density at radius 2 is 2.00 bits per heavy atom. The number of hydrogen-bond acceptors (Lipinski definition) is 4. The lowest BCUT2D eigenvalue weighted by molar-refractivity contribution is 0.0697. The number of carboxylic acid groups (broad SMARTS) is 1. The van der Waals surface area contributed by atoms with Crippen molar-refractivity contribution in [1.82, 2.24) is 9.97 Å². The van der Waals surface area contributed by atoms with Crippen LogP contribution in [0.4, 0.5) is 0 Å². The van der Waals surface area contributed by atoms with Gasteiger partial charge in [0.15, 0.2) is 0 Å². The molecule has 0 aliphatic heterocycles. The summed E-state index contributed by atoms with van der Waals surface area (Å²) in [6.07, 6.45) is 1.53. The predicted octanol–water partition coefficient (Wildman–Crippen LogP) is 2.50. The number of nitrogens with zero attached hydrogens (tertiary/aromatic N) is 2. The van der Waals surface area contributed by atoms with Crippen LogP contribution in [-0.4, -0.2) is 28.2 Å². The molecule has 5 nitrogen and oxygen atoms in total. The highest BCUT2D eigenvalue weighted by Gasteiger charge is 2.10. The number of benzene rings is 1. The van der Waals surface area contributed by atoms with E-state index >= 15 is 0 Å². The maximum absolute atomic E-state index is 10.7. The Labute approximate surface area is 108 Å². The molecule has 0 amide bonds. The molecular weight excluding hydrogens is 256 g/mol. The zero-order valence-corrected chi connectivity index (χ0v) is 10.2. The third-order valence-corrected chi connectivity index (χ3v) is 2.54. The van der Waals surface area contributed by atoms with Gasteiger partial charge in [-0.1, -0.05) is 12.1 Å². The van der Waals surface area contributed by atoms with E-state index in [1.807, 2.05) is 0 Å². The Balaban J connectivity index is 2.45. The molecule has 0 aliphatic carbocycles. The number of aromatic carboxylic acids is 1. The van der Waals surface area contributed by atoms with Crippen molar-refractivity contribution in [2.24, 2.45) is 0 Å². The molecule has 0 atom stereocenters. The lowest BCUT2D eigenvalue weighted by Gasteiger charge is -2.07. The Hall–Kier alpha value is -2.14. The molecule has 0 radical (unpaired) electrons. The summed E-state index contributed by atoms with van der Waals surface area (Å²) in [5.74, 6) is -0.626. The van der Waals surface area contributed by atoms with Gasteiger partial charge in [-0.15, -0.1) is 0 Å². The summed E-state index contributed by atoms with van der Waals surface area (Å²) < 4.78 is 5.11. The second-order valence-electron chi connectivity index (χ2n) is 3.44. The molecule has 92 valence electrons. The van der Waals surface area contributed by atoms with Gasteiger partial charge in [-0.25, -0.2) is 9.78 Å². The smallest absolute Gasteiger partial charge is 0.335 e. The van der Waals surface area contributed by atoms with Crippen LogP contribution in [0.15, 0.2) is 30.5 Å². The van der Waals surface area contributed by atoms with Crippen molar-refractivity contribution in [3.63, 3.8) is 0 Å². The van der Waals surface area contributed by atoms with Crippen molar-refractivity contribution in [1.29, 1.82) is 0 Å². The van der Waals surface area contributed by atoms with Crippen molar-refractivity contribution in [2.45, 2.75) is 0 Å². The summed E-state index contributed by atoms with van der Waals surface area (Å²) in [5.41, 5.74) is 1.62. The van der Waals surface area contributed by atoms with Crippen molar-refractivity contribution in [3.8, 4) is 17.0 Å². The SMILES string of the molecule is COc1nc(Cl)ncc1-c1ccc(C(=O)O)cc1. The largest absolute Gasteiger partial charge is 0.480 e. The molecule has 0 saturated carbocycles. The predicted molar refractivity (Wildman–Crippen MR) is 66.0 cm³/mol. The zero-order valence-electron chi connectivity index (χ0n) is 9.42. The number of hydrogen-bond donors (Lipinski definition) is 1. The average molecular weight is 265 g/mol. The van der Waals surface area contributed by atoms with Gasteiger partial charge < -0.3 is 9.84 Å². The normalized spacial score (nSPS) is 10.1. The number of carbonyl (C=O) groups is 1. The molecule has 1 heterocycles. The van der Waals surface area contributed by atoms with E-state index in [9.17, 15) is 4.79 Å². The number of aromatic nitrogens is 2. The van der Waals surface area contributed by atoms with Gasteiger partial charge in [-0.3, -0.25) is 0 Å². The third kappa shape index (κ3) is 2.41. The van der Waals surface area contributed by atoms with Crippen molar-refractivity contribution in [2.75, 3.05) is 7.11 Å². The summed E-state index contributed by atoms with van der Waals surface area (Å²) in [4.78, 5) is 18.6. The van der Waals surface area contributed by atoms with Crippen LogP contribution in [0.3, 0.4) is 0 Å². The summed E-state index contributed by atoms with van der Waals surface area (Å²) in [7, 11) is 1.48. The first-order chi connectivity index (χ1) is 8.61. The second kappa shape index (κ2) is 5.01. The first kappa shape index (κ1) is 12.3. The molecule has 0 fully saturated rings. The standard InChI is InChI=1S/C12H9ClN2O3/c1-18-10-9(6-14-12(13)15-10)7-2-4-8(5-3-7)11(16)17/h2-6H,1H3,(H,16,17). The van der Waals surface area contributed by atoms with Crippen LogP contribution in [0.2, 0.25) is 5.28 Å². The lowest BCUT2D eigenvalue weighted by atomic mass is 10.1. The number of methoxy groups -OCH3 is 1. The Morgan fingerprint density at radius 3 is 2.56 bits per heavy atom. The zero-order chi connectivity index (χ0) is 13.1. The molecule has 2 rings (SSSR count). The molecule has 6 heteroatoms. The minimum atomic E-state index is -0.971. The number of ether oxygens (including phenoxy) is 1. The van der Waals surface area contributed by atoms with Crippen molar-refractivity contribution in [3.05, 3.63) is 41.3 Å². The Bertz CT molecular complexity index is 584. The molecule has 0 bridgehead atoms. The highest BCUT2D eigenvalue weighted by Crippen LogP contribution is 2.28. The summed E-state index contributed by atoms with van der Waals surface area (Å²) in [6, 6.07) is 6.34. The maximum Gasteiger partial charge on any atom is 0.335 e. The molecule has 0 spiro atoms. The van der Waals surface area contributed by atoms with Crippen LogP contribution in [0, 0.1) is 0 Å². The fourth-order valence-corrected chi connectivity index (χ4v) is 1.62. The van der Waals surface area contributed by atoms with Gasteiger partial charge in [-0.05, 0) is 29.3 Å². The molecule has 18 heavy (non-hydrogen) atoms. The van der Waals surface area contributed by atoms with Gasteiger partial charge in [0.1, 0.15) is 0 Å². The molecule has 2 aromatic rings. The van der Waals surface area contributed by atoms with Crippen molar-refractivity contribution < 1.29 is 14.6 Å². The molecular formula is C12H9ClN2O3. The van der Waals surface area contributed by atoms with Crippen LogP contribution >= 0.6 is 11.6 Å². The fraction of sp³-hybridized carbons (Fsp3) is 0.0833. The molecule has 1 N–H and O–H groups in total. The molecule has 1 aromatic carbocycles. The van der Waals surface area contributed by atoms with Gasteiger partial charge >= 0.3 is 5.97 Å². The number of rotatable bonds is 3. The summed E-state index contributed by atoms with van der Waals surface area (Å²) in [6.45, 7) is 0. The minimum Gasteiger partial charge on any atom is -0.480 e. The van der Waals surface area contributed by atoms with E-state index in [1.165, 1.54) is 25.4 Å². The first-order valence-electron chi connectivity index (χ1n) is 5.02. The number of carboxylic acids is 1. The Kier molecular flexibility index (Phi) is 3.43. The van der Waals surface area contributed by atoms with E-state index in [1.54, 1.807) is 12.1 Å². The van der Waals surface area contributed by atoms with Crippen LogP contribution in [-0.2, 0) is 0 Å². The maximum atomic E-state index is 10.7. The number of halogens is 1. The van der Waals surface area contributed by atoms with E-state index in [4.69, 9.17) is 21.4 Å². The first-order valence-corrected chi connectivity index (χ1v) is 5.40. The second-order valence-corrected chi connectivity index (χ2v) is 3.78. The third-order valence-electron chi connectivity index (χ3n) is 2.36. The summed E-state index contributed by atoms with van der Waals surface area (Å²) in [5, 5.41) is 8.91. The summed E-state index contributed by atoms with van der Waals surface area (Å²) >= 11 is 5.67. The van der Waals surface area contributed by atoms with E-state index in [2.05, 4.69) is 9.97 Å². The van der Waals surface area contributed by atoms with Gasteiger partial charge in [0.05, 0.1) is 18.2 Å². The van der Waals surface area contributed by atoms with Crippen LogP contribution < -0.4 is 4.74 Å².